The molecule has 5 heteroatoms. The van der Waals surface area contributed by atoms with E-state index >= 15 is 0 Å². The average molecular weight is 258 g/mol. The predicted molar refractivity (Wildman–Crippen MR) is 76.0 cm³/mol. The number of β-amino-alcohol motifs (C(OH)–C–C–N with tert-alkyl or cyclic N) is 1. The average Bonchev–Trinajstić information content (AvgIpc) is 2.35. The smallest absolute Gasteiger partial charge is 0.0791 e. The van der Waals surface area contributed by atoms with Crippen molar-refractivity contribution in [2.24, 2.45) is 0 Å². The Balaban J connectivity index is 2.11. The van der Waals surface area contributed by atoms with E-state index in [0.717, 1.165) is 52.4 Å². The quantitative estimate of drug-likeness (QED) is 0.593. The van der Waals surface area contributed by atoms with Crippen molar-refractivity contribution in [3.8, 4) is 0 Å². The van der Waals surface area contributed by atoms with Gasteiger partial charge in [-0.05, 0) is 20.6 Å². The summed E-state index contributed by atoms with van der Waals surface area (Å²) in [5, 5.41) is 13.0. The van der Waals surface area contributed by atoms with Gasteiger partial charge in [0.25, 0.3) is 0 Å². The number of hydrogen-bond acceptors (Lipinski definition) is 5. The zero-order valence-corrected chi connectivity index (χ0v) is 12.2. The van der Waals surface area contributed by atoms with E-state index in [4.69, 9.17) is 0 Å². The first-order chi connectivity index (χ1) is 8.61. The molecule has 1 rings (SSSR count). The third-order valence-electron chi connectivity index (χ3n) is 3.43. The number of piperazine rings is 1. The highest BCUT2D eigenvalue weighted by Gasteiger charge is 2.18. The molecule has 5 nitrogen and oxygen atoms in total. The zero-order valence-electron chi connectivity index (χ0n) is 12.2. The Bertz CT molecular complexity index is 205. The predicted octanol–water partition coefficient (Wildman–Crippen LogP) is -0.864. The van der Waals surface area contributed by atoms with Crippen LogP contribution in [0.5, 0.6) is 0 Å². The van der Waals surface area contributed by atoms with E-state index in [1.807, 2.05) is 0 Å². The molecule has 1 heterocycles. The molecule has 0 saturated carbocycles. The third-order valence-corrected chi connectivity index (χ3v) is 3.43. The van der Waals surface area contributed by atoms with Gasteiger partial charge in [-0.3, -0.25) is 9.80 Å². The van der Waals surface area contributed by atoms with Crippen molar-refractivity contribution in [1.82, 2.24) is 20.0 Å². The van der Waals surface area contributed by atoms with E-state index in [1.54, 1.807) is 0 Å². The van der Waals surface area contributed by atoms with Crippen LogP contribution in [0.3, 0.4) is 0 Å². The highest BCUT2D eigenvalue weighted by Crippen LogP contribution is 2.02. The number of likely N-dealkylation sites (N-methyl/N-ethyl adjacent to an activating group) is 2. The molecule has 0 spiro atoms. The van der Waals surface area contributed by atoms with Crippen molar-refractivity contribution < 1.29 is 5.11 Å². The molecule has 0 radical (unpaired) electrons. The minimum absolute atomic E-state index is 0.238. The van der Waals surface area contributed by atoms with Crippen LogP contribution in [0.4, 0.5) is 0 Å². The fourth-order valence-corrected chi connectivity index (χ4v) is 2.21. The van der Waals surface area contributed by atoms with E-state index in [1.165, 1.54) is 0 Å². The van der Waals surface area contributed by atoms with Crippen molar-refractivity contribution in [2.45, 2.75) is 13.0 Å². The van der Waals surface area contributed by atoms with Gasteiger partial charge < -0.3 is 15.3 Å². The molecule has 1 atom stereocenters. The molecule has 0 aromatic rings. The number of hydrogen-bond donors (Lipinski definition) is 2. The van der Waals surface area contributed by atoms with E-state index in [9.17, 15) is 5.11 Å². The van der Waals surface area contributed by atoms with E-state index in [0.29, 0.717) is 6.54 Å². The highest BCUT2D eigenvalue weighted by atomic mass is 16.3. The number of aliphatic hydroxyl groups is 1. The van der Waals surface area contributed by atoms with Gasteiger partial charge >= 0.3 is 0 Å². The molecule has 1 saturated heterocycles. The topological polar surface area (TPSA) is 42.0 Å². The van der Waals surface area contributed by atoms with Crippen LogP contribution in [0.15, 0.2) is 0 Å². The molecule has 1 aliphatic rings. The Morgan fingerprint density at radius 3 is 2.33 bits per heavy atom. The summed E-state index contributed by atoms with van der Waals surface area (Å²) in [5.74, 6) is 0. The Morgan fingerprint density at radius 2 is 1.78 bits per heavy atom. The van der Waals surface area contributed by atoms with Crippen LogP contribution in [0, 0.1) is 0 Å². The minimum atomic E-state index is -0.238. The summed E-state index contributed by atoms with van der Waals surface area (Å²) in [4.78, 5) is 7.11. The second-order valence-corrected chi connectivity index (χ2v) is 5.41. The van der Waals surface area contributed by atoms with Crippen LogP contribution in [0.25, 0.3) is 0 Å². The lowest BCUT2D eigenvalue weighted by Gasteiger charge is -2.36. The molecule has 0 aliphatic carbocycles. The molecule has 0 aromatic heterocycles. The molecule has 0 amide bonds. The molecule has 18 heavy (non-hydrogen) atoms. The maximum absolute atomic E-state index is 9.85. The van der Waals surface area contributed by atoms with Crippen LogP contribution in [0.2, 0.25) is 0 Å². The van der Waals surface area contributed by atoms with Crippen molar-refractivity contribution in [3.05, 3.63) is 0 Å². The Labute approximate surface area is 112 Å². The summed E-state index contributed by atoms with van der Waals surface area (Å²) in [7, 11) is 4.24. The molecule has 108 valence electrons. The maximum atomic E-state index is 9.85. The second kappa shape index (κ2) is 8.82. The number of rotatable bonds is 8. The zero-order chi connectivity index (χ0) is 13.4. The van der Waals surface area contributed by atoms with Crippen molar-refractivity contribution in [1.29, 1.82) is 0 Å². The fourth-order valence-electron chi connectivity index (χ4n) is 2.21. The Morgan fingerprint density at radius 1 is 1.17 bits per heavy atom. The number of aliphatic hydroxyl groups excluding tert-OH is 1. The van der Waals surface area contributed by atoms with Gasteiger partial charge in [0.2, 0.25) is 0 Å². The van der Waals surface area contributed by atoms with Crippen LogP contribution < -0.4 is 5.32 Å². The summed E-state index contributed by atoms with van der Waals surface area (Å²) in [5.41, 5.74) is 0. The van der Waals surface area contributed by atoms with E-state index in [2.05, 4.69) is 41.0 Å². The second-order valence-electron chi connectivity index (χ2n) is 5.41. The van der Waals surface area contributed by atoms with Crippen LogP contribution in [-0.2, 0) is 0 Å². The van der Waals surface area contributed by atoms with Gasteiger partial charge in [-0.2, -0.15) is 0 Å². The monoisotopic (exact) mass is 258 g/mol. The van der Waals surface area contributed by atoms with Crippen molar-refractivity contribution >= 4 is 0 Å². The van der Waals surface area contributed by atoms with Crippen molar-refractivity contribution in [2.75, 3.05) is 73.0 Å². The van der Waals surface area contributed by atoms with E-state index in [-0.39, 0.29) is 6.10 Å². The van der Waals surface area contributed by atoms with Crippen LogP contribution in [-0.4, -0.2) is 98.9 Å². The standard InChI is InChI=1S/C13H30N4O/c1-4-14-11-13(18)12-17-9-7-16(8-10-17)6-5-15(2)3/h13-14,18H,4-12H2,1-3H3. The first-order valence-corrected chi connectivity index (χ1v) is 7.10. The van der Waals surface area contributed by atoms with Gasteiger partial charge in [0, 0.05) is 52.4 Å². The van der Waals surface area contributed by atoms with Gasteiger partial charge in [0.1, 0.15) is 0 Å². The third kappa shape index (κ3) is 6.66. The molecule has 0 aromatic carbocycles. The lowest BCUT2D eigenvalue weighted by molar-refractivity contribution is 0.0707. The first-order valence-electron chi connectivity index (χ1n) is 7.10. The first kappa shape index (κ1) is 15.9. The minimum Gasteiger partial charge on any atom is -0.390 e. The molecular formula is C13H30N4O. The van der Waals surface area contributed by atoms with Gasteiger partial charge in [0.15, 0.2) is 0 Å². The van der Waals surface area contributed by atoms with Gasteiger partial charge in [0.05, 0.1) is 6.10 Å². The fraction of sp³-hybridized carbons (Fsp3) is 1.00. The summed E-state index contributed by atoms with van der Waals surface area (Å²) >= 11 is 0. The number of nitrogens with one attached hydrogen (secondary N) is 1. The van der Waals surface area contributed by atoms with Gasteiger partial charge in [-0.25, -0.2) is 0 Å². The summed E-state index contributed by atoms with van der Waals surface area (Å²) in [6.45, 7) is 11.2. The Hall–Kier alpha value is -0.200. The maximum Gasteiger partial charge on any atom is 0.0791 e. The largest absolute Gasteiger partial charge is 0.390 e. The lowest BCUT2D eigenvalue weighted by atomic mass is 10.2. The normalized spacial score (nSPS) is 20.5. The molecule has 1 fully saturated rings. The van der Waals surface area contributed by atoms with Crippen molar-refractivity contribution in [3.63, 3.8) is 0 Å². The number of nitrogens with zero attached hydrogens (tertiary/aromatic N) is 3. The van der Waals surface area contributed by atoms with Gasteiger partial charge in [-0.15, -0.1) is 0 Å². The summed E-state index contributed by atoms with van der Waals surface area (Å²) < 4.78 is 0. The Kier molecular flexibility index (Phi) is 7.77. The molecule has 0 bridgehead atoms. The molecule has 1 aliphatic heterocycles. The van der Waals surface area contributed by atoms with Gasteiger partial charge in [-0.1, -0.05) is 6.92 Å². The molecule has 1 unspecified atom stereocenters. The summed E-state index contributed by atoms with van der Waals surface area (Å²) in [6, 6.07) is 0. The van der Waals surface area contributed by atoms with Crippen LogP contribution in [0.1, 0.15) is 6.92 Å². The molecular weight excluding hydrogens is 228 g/mol. The SMILES string of the molecule is CCNCC(O)CN1CCN(CCN(C)C)CC1. The molecule has 2 N–H and O–H groups in total. The highest BCUT2D eigenvalue weighted by molar-refractivity contribution is 4.75. The van der Waals surface area contributed by atoms with E-state index < -0.39 is 0 Å². The van der Waals surface area contributed by atoms with Crippen LogP contribution >= 0.6 is 0 Å². The lowest BCUT2D eigenvalue weighted by Crippen LogP contribution is -2.50. The summed E-state index contributed by atoms with van der Waals surface area (Å²) in [6.07, 6.45) is -0.238.